The number of sulfone groups is 1. The quantitative estimate of drug-likeness (QED) is 0.752. The van der Waals surface area contributed by atoms with Crippen molar-refractivity contribution in [2.24, 2.45) is 5.92 Å². The molecule has 7 heteroatoms. The molecular formula is C16H31N3O3S. The van der Waals surface area contributed by atoms with E-state index in [4.69, 9.17) is 0 Å². The second-order valence-corrected chi connectivity index (χ2v) is 9.74. The molecular weight excluding hydrogens is 314 g/mol. The average Bonchev–Trinajstić information content (AvgIpc) is 2.81. The molecule has 2 saturated heterocycles. The van der Waals surface area contributed by atoms with Crippen LogP contribution in [0.5, 0.6) is 0 Å². The predicted octanol–water partition coefficient (Wildman–Crippen LogP) is 0.342. The molecule has 23 heavy (non-hydrogen) atoms. The minimum Gasteiger partial charge on any atom is -0.352 e. The fraction of sp³-hybridized carbons (Fsp3) is 0.938. The second kappa shape index (κ2) is 7.94. The number of nitrogens with zero attached hydrogens (tertiary/aromatic N) is 2. The zero-order valence-corrected chi connectivity index (χ0v) is 15.4. The highest BCUT2D eigenvalue weighted by Gasteiger charge is 2.31. The number of likely N-dealkylation sites (N-methyl/N-ethyl adjacent to an activating group) is 1. The van der Waals surface area contributed by atoms with Gasteiger partial charge in [-0.1, -0.05) is 13.8 Å². The molecule has 0 saturated carbocycles. The molecule has 1 N–H and O–H groups in total. The fourth-order valence-electron chi connectivity index (χ4n) is 3.53. The highest BCUT2D eigenvalue weighted by molar-refractivity contribution is 7.91. The molecule has 2 rings (SSSR count). The standard InChI is InChI=1S/C16H31N3O3S/c1-13(2)10-19-7-4-14(5-8-19)17-16(20)11-18(3)15-6-9-23(21,22)12-15/h13-15H,4-12H2,1-3H3,(H,17,20)/t15-/m1/s1. The number of hydrogen-bond donors (Lipinski definition) is 1. The van der Waals surface area contributed by atoms with Gasteiger partial charge in [0.1, 0.15) is 0 Å². The van der Waals surface area contributed by atoms with Gasteiger partial charge in [0.2, 0.25) is 5.91 Å². The van der Waals surface area contributed by atoms with Crippen LogP contribution in [0.4, 0.5) is 0 Å². The third-order valence-corrected chi connectivity index (χ3v) is 6.55. The van der Waals surface area contributed by atoms with E-state index in [1.54, 1.807) is 0 Å². The summed E-state index contributed by atoms with van der Waals surface area (Å²) in [5.41, 5.74) is 0. The molecule has 0 bridgehead atoms. The van der Waals surface area contributed by atoms with Crippen LogP contribution in [0, 0.1) is 5.92 Å². The molecule has 1 atom stereocenters. The number of piperidine rings is 1. The molecule has 0 aliphatic carbocycles. The van der Waals surface area contributed by atoms with Gasteiger partial charge < -0.3 is 10.2 Å². The summed E-state index contributed by atoms with van der Waals surface area (Å²) in [6.07, 6.45) is 2.64. The van der Waals surface area contributed by atoms with Gasteiger partial charge in [-0.25, -0.2) is 8.42 Å². The molecule has 6 nitrogen and oxygen atoms in total. The molecule has 2 aliphatic heterocycles. The van der Waals surface area contributed by atoms with Crippen LogP contribution < -0.4 is 5.32 Å². The molecule has 0 radical (unpaired) electrons. The van der Waals surface area contributed by atoms with Crippen LogP contribution in [0.25, 0.3) is 0 Å². The van der Waals surface area contributed by atoms with Crippen molar-refractivity contribution in [3.63, 3.8) is 0 Å². The van der Waals surface area contributed by atoms with E-state index in [-0.39, 0.29) is 36.0 Å². The van der Waals surface area contributed by atoms with Gasteiger partial charge in [0.05, 0.1) is 18.1 Å². The number of carbonyl (C=O) groups excluding carboxylic acids is 1. The van der Waals surface area contributed by atoms with E-state index in [0.29, 0.717) is 12.3 Å². The molecule has 2 aliphatic rings. The predicted molar refractivity (Wildman–Crippen MR) is 92.1 cm³/mol. The number of amides is 1. The van der Waals surface area contributed by atoms with E-state index in [0.717, 1.165) is 32.5 Å². The van der Waals surface area contributed by atoms with Crippen molar-refractivity contribution in [1.29, 1.82) is 0 Å². The maximum atomic E-state index is 12.2. The summed E-state index contributed by atoms with van der Waals surface area (Å²) in [5.74, 6) is 1.12. The van der Waals surface area contributed by atoms with Gasteiger partial charge in [0, 0.05) is 31.7 Å². The molecule has 0 spiro atoms. The van der Waals surface area contributed by atoms with Crippen molar-refractivity contribution in [2.45, 2.75) is 45.2 Å². The number of carbonyl (C=O) groups is 1. The topological polar surface area (TPSA) is 69.7 Å². The Bertz CT molecular complexity index is 499. The first-order chi connectivity index (χ1) is 10.7. The lowest BCUT2D eigenvalue weighted by molar-refractivity contribution is -0.123. The molecule has 0 aromatic carbocycles. The van der Waals surface area contributed by atoms with Crippen molar-refractivity contribution >= 4 is 15.7 Å². The van der Waals surface area contributed by atoms with Crippen LogP contribution in [0.15, 0.2) is 0 Å². The maximum Gasteiger partial charge on any atom is 0.234 e. The highest BCUT2D eigenvalue weighted by Crippen LogP contribution is 2.16. The molecule has 2 fully saturated rings. The van der Waals surface area contributed by atoms with Crippen LogP contribution >= 0.6 is 0 Å². The van der Waals surface area contributed by atoms with E-state index < -0.39 is 9.84 Å². The zero-order valence-electron chi connectivity index (χ0n) is 14.6. The molecule has 0 unspecified atom stereocenters. The Morgan fingerprint density at radius 3 is 2.43 bits per heavy atom. The summed E-state index contributed by atoms with van der Waals surface area (Å²) in [6, 6.07) is 0.241. The largest absolute Gasteiger partial charge is 0.352 e. The summed E-state index contributed by atoms with van der Waals surface area (Å²) < 4.78 is 23.0. The Morgan fingerprint density at radius 1 is 1.26 bits per heavy atom. The molecule has 0 aromatic heterocycles. The summed E-state index contributed by atoms with van der Waals surface area (Å²) in [7, 11) is -1.05. The Labute approximate surface area is 140 Å². The lowest BCUT2D eigenvalue weighted by atomic mass is 10.0. The van der Waals surface area contributed by atoms with Gasteiger partial charge in [0.25, 0.3) is 0 Å². The fourth-order valence-corrected chi connectivity index (χ4v) is 5.33. The summed E-state index contributed by atoms with van der Waals surface area (Å²) >= 11 is 0. The van der Waals surface area contributed by atoms with Crippen molar-refractivity contribution in [1.82, 2.24) is 15.1 Å². The normalized spacial score (nSPS) is 26.0. The maximum absolute atomic E-state index is 12.2. The monoisotopic (exact) mass is 345 g/mol. The number of nitrogens with one attached hydrogen (secondary N) is 1. The Hall–Kier alpha value is -0.660. The number of hydrogen-bond acceptors (Lipinski definition) is 5. The summed E-state index contributed by atoms with van der Waals surface area (Å²) in [4.78, 5) is 16.5. The van der Waals surface area contributed by atoms with Crippen LogP contribution in [0.1, 0.15) is 33.1 Å². The van der Waals surface area contributed by atoms with E-state index in [1.807, 2.05) is 11.9 Å². The van der Waals surface area contributed by atoms with Crippen molar-refractivity contribution < 1.29 is 13.2 Å². The van der Waals surface area contributed by atoms with E-state index in [1.165, 1.54) is 0 Å². The minimum absolute atomic E-state index is 0.0131. The zero-order chi connectivity index (χ0) is 17.0. The lowest BCUT2D eigenvalue weighted by Gasteiger charge is -2.33. The van der Waals surface area contributed by atoms with Gasteiger partial charge in [-0.2, -0.15) is 0 Å². The minimum atomic E-state index is -2.90. The van der Waals surface area contributed by atoms with E-state index in [2.05, 4.69) is 24.1 Å². The van der Waals surface area contributed by atoms with Crippen molar-refractivity contribution in [3.05, 3.63) is 0 Å². The summed E-state index contributed by atoms with van der Waals surface area (Å²) in [6.45, 7) is 7.95. The van der Waals surface area contributed by atoms with Crippen molar-refractivity contribution in [2.75, 3.05) is 44.7 Å². The van der Waals surface area contributed by atoms with Gasteiger partial charge >= 0.3 is 0 Å². The Kier molecular flexibility index (Phi) is 6.45. The lowest BCUT2D eigenvalue weighted by Crippen LogP contribution is -2.48. The van der Waals surface area contributed by atoms with Gasteiger partial charge in [-0.15, -0.1) is 0 Å². The SMILES string of the molecule is CC(C)CN1CCC(NC(=O)CN(C)[C@@H]2CCS(=O)(=O)C2)CC1. The number of likely N-dealkylation sites (tertiary alicyclic amines) is 1. The van der Waals surface area contributed by atoms with Gasteiger partial charge in [0.15, 0.2) is 9.84 Å². The Morgan fingerprint density at radius 2 is 1.91 bits per heavy atom. The van der Waals surface area contributed by atoms with Crippen LogP contribution in [0.3, 0.4) is 0 Å². The first-order valence-electron chi connectivity index (χ1n) is 8.67. The van der Waals surface area contributed by atoms with Crippen LogP contribution in [0.2, 0.25) is 0 Å². The molecule has 0 aromatic rings. The summed E-state index contributed by atoms with van der Waals surface area (Å²) in [5, 5.41) is 3.11. The first-order valence-corrected chi connectivity index (χ1v) is 10.5. The first kappa shape index (κ1) is 18.7. The van der Waals surface area contributed by atoms with Gasteiger partial charge in [-0.3, -0.25) is 9.69 Å². The average molecular weight is 346 g/mol. The molecule has 134 valence electrons. The van der Waals surface area contributed by atoms with Crippen LogP contribution in [-0.2, 0) is 14.6 Å². The van der Waals surface area contributed by atoms with Crippen LogP contribution in [-0.4, -0.2) is 80.9 Å². The smallest absolute Gasteiger partial charge is 0.234 e. The second-order valence-electron chi connectivity index (χ2n) is 7.51. The third-order valence-electron chi connectivity index (χ3n) is 4.80. The van der Waals surface area contributed by atoms with E-state index in [9.17, 15) is 13.2 Å². The molecule has 1 amide bonds. The molecule has 2 heterocycles. The highest BCUT2D eigenvalue weighted by atomic mass is 32.2. The van der Waals surface area contributed by atoms with E-state index >= 15 is 0 Å². The van der Waals surface area contributed by atoms with Gasteiger partial charge in [-0.05, 0) is 32.2 Å². The number of rotatable bonds is 6. The third kappa shape index (κ3) is 6.04. The Balaban J connectivity index is 1.69. The van der Waals surface area contributed by atoms with Crippen molar-refractivity contribution in [3.8, 4) is 0 Å².